The van der Waals surface area contributed by atoms with Crippen LogP contribution in [0.4, 0.5) is 0 Å². The Hall–Kier alpha value is -0.300. The summed E-state index contributed by atoms with van der Waals surface area (Å²) in [7, 11) is 1.92. The minimum atomic E-state index is 0.371. The summed E-state index contributed by atoms with van der Waals surface area (Å²) in [5, 5.41) is 0. The average Bonchev–Trinajstić information content (AvgIpc) is 2.75. The molecule has 1 heteroatoms. The maximum Gasteiger partial charge on any atom is 0.0638 e. The number of hydrogen-bond donors (Lipinski definition) is 0. The molecule has 0 aliphatic heterocycles. The van der Waals surface area contributed by atoms with Gasteiger partial charge in [-0.2, -0.15) is 0 Å². The van der Waals surface area contributed by atoms with Gasteiger partial charge >= 0.3 is 0 Å². The second-order valence-corrected chi connectivity index (χ2v) is 12.2. The Labute approximate surface area is 210 Å². The van der Waals surface area contributed by atoms with Crippen molar-refractivity contribution < 1.29 is 4.74 Å². The third-order valence-corrected chi connectivity index (χ3v) is 8.16. The highest BCUT2D eigenvalue weighted by Gasteiger charge is 2.24. The second-order valence-electron chi connectivity index (χ2n) is 12.2. The van der Waals surface area contributed by atoms with E-state index in [0.717, 1.165) is 23.7 Å². The molecule has 0 amide bonds. The Morgan fingerprint density at radius 2 is 1.30 bits per heavy atom. The molecule has 0 rings (SSSR count). The Kier molecular flexibility index (Phi) is 19.8. The predicted molar refractivity (Wildman–Crippen MR) is 151 cm³/mol. The first-order chi connectivity index (χ1) is 15.7. The van der Waals surface area contributed by atoms with Gasteiger partial charge in [0, 0.05) is 13.0 Å². The van der Waals surface area contributed by atoms with Crippen LogP contribution in [0.2, 0.25) is 0 Å². The number of methoxy groups -OCH3 is 1. The lowest BCUT2D eigenvalue weighted by molar-refractivity contribution is 0.0439. The summed E-state index contributed by atoms with van der Waals surface area (Å²) in [6, 6.07) is 0. The van der Waals surface area contributed by atoms with Crippen molar-refractivity contribution in [3.8, 4) is 0 Å². The number of allylic oxidation sites excluding steroid dienone is 1. The van der Waals surface area contributed by atoms with Crippen molar-refractivity contribution in [2.24, 2.45) is 35.5 Å². The van der Waals surface area contributed by atoms with E-state index in [0.29, 0.717) is 17.9 Å². The van der Waals surface area contributed by atoms with Gasteiger partial charge in [-0.15, -0.1) is 0 Å². The average molecular weight is 465 g/mol. The number of unbranched alkanes of at least 4 members (excludes halogenated alkanes) is 2. The van der Waals surface area contributed by atoms with E-state index in [1.165, 1.54) is 83.5 Å². The smallest absolute Gasteiger partial charge is 0.0638 e. The summed E-state index contributed by atoms with van der Waals surface area (Å²) in [6.07, 6.45) is 20.2. The standard InChI is InChI=1S/C32H64O/c1-11-13-14-21-29(8)31(32(33-10)23-25(3)4)22-16-19-26(5)18-15-20-27(6)24-30(9)28(7)17-12-2/h21,25-28,30-32H,11-20,22-24H2,1-10H3/b29-21+. The molecule has 0 saturated heterocycles. The Morgan fingerprint density at radius 1 is 0.697 bits per heavy atom. The topological polar surface area (TPSA) is 9.23 Å². The maximum atomic E-state index is 6.02. The first-order valence-corrected chi connectivity index (χ1v) is 14.8. The van der Waals surface area contributed by atoms with E-state index >= 15 is 0 Å². The molecule has 0 aliphatic rings. The van der Waals surface area contributed by atoms with Crippen molar-refractivity contribution in [1.29, 1.82) is 0 Å². The normalized spacial score (nSPS) is 18.2. The lowest BCUT2D eigenvalue weighted by Gasteiger charge is -2.29. The maximum absolute atomic E-state index is 6.02. The fourth-order valence-corrected chi connectivity index (χ4v) is 5.65. The number of ether oxygens (including phenoxy) is 1. The molecule has 0 aliphatic carbocycles. The zero-order valence-corrected chi connectivity index (χ0v) is 24.7. The molecule has 0 saturated carbocycles. The van der Waals surface area contributed by atoms with E-state index in [2.05, 4.69) is 68.4 Å². The van der Waals surface area contributed by atoms with E-state index in [1.807, 2.05) is 7.11 Å². The van der Waals surface area contributed by atoms with Gasteiger partial charge < -0.3 is 4.74 Å². The molecular weight excluding hydrogens is 400 g/mol. The van der Waals surface area contributed by atoms with Crippen LogP contribution in [0.3, 0.4) is 0 Å². The summed E-state index contributed by atoms with van der Waals surface area (Å²) >= 11 is 0. The molecule has 33 heavy (non-hydrogen) atoms. The minimum absolute atomic E-state index is 0.371. The fraction of sp³-hybridized carbons (Fsp3) is 0.938. The van der Waals surface area contributed by atoms with Crippen LogP contribution in [-0.2, 0) is 4.74 Å². The fourth-order valence-electron chi connectivity index (χ4n) is 5.65. The van der Waals surface area contributed by atoms with Crippen LogP contribution >= 0.6 is 0 Å². The van der Waals surface area contributed by atoms with Crippen molar-refractivity contribution in [1.82, 2.24) is 0 Å². The van der Waals surface area contributed by atoms with Gasteiger partial charge in [0.05, 0.1) is 6.10 Å². The zero-order chi connectivity index (χ0) is 25.2. The molecule has 0 bridgehead atoms. The van der Waals surface area contributed by atoms with E-state index < -0.39 is 0 Å². The van der Waals surface area contributed by atoms with Crippen molar-refractivity contribution in [2.75, 3.05) is 7.11 Å². The highest BCUT2D eigenvalue weighted by Crippen LogP contribution is 2.30. The van der Waals surface area contributed by atoms with Gasteiger partial charge in [-0.1, -0.05) is 125 Å². The first-order valence-electron chi connectivity index (χ1n) is 14.8. The van der Waals surface area contributed by atoms with Crippen LogP contribution in [0.25, 0.3) is 0 Å². The largest absolute Gasteiger partial charge is 0.381 e. The van der Waals surface area contributed by atoms with Crippen LogP contribution < -0.4 is 0 Å². The first kappa shape index (κ1) is 32.7. The molecule has 6 unspecified atom stereocenters. The molecular formula is C32H64O. The SMILES string of the molecule is CCCC/C=C(\C)C(CCCC(C)CCCC(C)CC(C)C(C)CCC)C(CC(C)C)OC. The van der Waals surface area contributed by atoms with Crippen LogP contribution in [0.1, 0.15) is 146 Å². The van der Waals surface area contributed by atoms with Crippen molar-refractivity contribution in [2.45, 2.75) is 152 Å². The molecule has 0 N–H and O–H groups in total. The van der Waals surface area contributed by atoms with Gasteiger partial charge in [-0.25, -0.2) is 0 Å². The van der Waals surface area contributed by atoms with Crippen molar-refractivity contribution in [3.63, 3.8) is 0 Å². The van der Waals surface area contributed by atoms with Gasteiger partial charge in [-0.3, -0.25) is 0 Å². The summed E-state index contributed by atoms with van der Waals surface area (Å²) in [5.74, 6) is 4.77. The summed E-state index contributed by atoms with van der Waals surface area (Å²) in [4.78, 5) is 0. The van der Waals surface area contributed by atoms with Crippen LogP contribution in [0.15, 0.2) is 11.6 Å². The summed E-state index contributed by atoms with van der Waals surface area (Å²) in [5.41, 5.74) is 1.57. The van der Waals surface area contributed by atoms with Gasteiger partial charge in [0.15, 0.2) is 0 Å². The molecule has 0 aromatic rings. The zero-order valence-electron chi connectivity index (χ0n) is 24.7. The minimum Gasteiger partial charge on any atom is -0.381 e. The van der Waals surface area contributed by atoms with E-state index in [9.17, 15) is 0 Å². The molecule has 0 aromatic carbocycles. The third kappa shape index (κ3) is 16.1. The molecule has 0 aromatic heterocycles. The van der Waals surface area contributed by atoms with E-state index in [-0.39, 0.29) is 0 Å². The van der Waals surface area contributed by atoms with Crippen molar-refractivity contribution >= 4 is 0 Å². The molecule has 0 fully saturated rings. The monoisotopic (exact) mass is 464 g/mol. The van der Waals surface area contributed by atoms with Crippen LogP contribution in [0.5, 0.6) is 0 Å². The quantitative estimate of drug-likeness (QED) is 0.121. The lowest BCUT2D eigenvalue weighted by Crippen LogP contribution is -2.26. The number of rotatable bonds is 21. The Morgan fingerprint density at radius 3 is 1.85 bits per heavy atom. The highest BCUT2D eigenvalue weighted by molar-refractivity contribution is 5.06. The molecule has 0 radical (unpaired) electrons. The van der Waals surface area contributed by atoms with Crippen LogP contribution in [-0.4, -0.2) is 13.2 Å². The third-order valence-electron chi connectivity index (χ3n) is 8.16. The van der Waals surface area contributed by atoms with Crippen LogP contribution in [0, 0.1) is 35.5 Å². The Bertz CT molecular complexity index is 465. The van der Waals surface area contributed by atoms with E-state index in [4.69, 9.17) is 4.74 Å². The second kappa shape index (κ2) is 19.9. The molecule has 1 nitrogen and oxygen atoms in total. The molecule has 6 atom stereocenters. The number of hydrogen-bond acceptors (Lipinski definition) is 1. The van der Waals surface area contributed by atoms with Gasteiger partial charge in [-0.05, 0) is 62.2 Å². The lowest BCUT2D eigenvalue weighted by atomic mass is 9.82. The summed E-state index contributed by atoms with van der Waals surface area (Å²) < 4.78 is 6.02. The van der Waals surface area contributed by atoms with Gasteiger partial charge in [0.2, 0.25) is 0 Å². The molecule has 0 heterocycles. The molecule has 198 valence electrons. The van der Waals surface area contributed by atoms with Gasteiger partial charge in [0.25, 0.3) is 0 Å². The van der Waals surface area contributed by atoms with E-state index in [1.54, 1.807) is 5.57 Å². The predicted octanol–water partition coefficient (Wildman–Crippen LogP) is 10.9. The summed E-state index contributed by atoms with van der Waals surface area (Å²) in [6.45, 7) is 21.5. The Balaban J connectivity index is 4.50. The van der Waals surface area contributed by atoms with Gasteiger partial charge in [0.1, 0.15) is 0 Å². The highest BCUT2D eigenvalue weighted by atomic mass is 16.5. The van der Waals surface area contributed by atoms with Crippen molar-refractivity contribution in [3.05, 3.63) is 11.6 Å². The molecule has 0 spiro atoms.